The van der Waals surface area contributed by atoms with Crippen LogP contribution in [0.25, 0.3) is 0 Å². The van der Waals surface area contributed by atoms with Crippen LogP contribution >= 0.6 is 23.1 Å². The van der Waals surface area contributed by atoms with Gasteiger partial charge in [-0.2, -0.15) is 11.8 Å². The highest BCUT2D eigenvalue weighted by Crippen LogP contribution is 2.25. The van der Waals surface area contributed by atoms with E-state index in [2.05, 4.69) is 42.5 Å². The van der Waals surface area contributed by atoms with Gasteiger partial charge in [-0.1, -0.05) is 38.5 Å². The Kier molecular flexibility index (Phi) is 6.09. The first-order chi connectivity index (χ1) is 10.4. The number of hydrogen-bond acceptors (Lipinski definition) is 5. The van der Waals surface area contributed by atoms with Crippen molar-refractivity contribution in [3.63, 3.8) is 0 Å². The van der Waals surface area contributed by atoms with Crippen LogP contribution in [0.15, 0.2) is 0 Å². The van der Waals surface area contributed by atoms with Gasteiger partial charge in [-0.15, -0.1) is 10.2 Å². The Morgan fingerprint density at radius 2 is 2.18 bits per heavy atom. The van der Waals surface area contributed by atoms with E-state index < -0.39 is 0 Å². The molecule has 7 heteroatoms. The van der Waals surface area contributed by atoms with Crippen molar-refractivity contribution in [1.82, 2.24) is 20.4 Å². The average Bonchev–Trinajstić information content (AvgIpc) is 2.82. The van der Waals surface area contributed by atoms with Gasteiger partial charge in [-0.05, 0) is 19.1 Å². The fourth-order valence-electron chi connectivity index (χ4n) is 2.37. The summed E-state index contributed by atoms with van der Waals surface area (Å²) in [6.45, 7) is 8.52. The van der Waals surface area contributed by atoms with E-state index in [1.807, 2.05) is 16.7 Å². The van der Waals surface area contributed by atoms with Gasteiger partial charge in [0, 0.05) is 23.8 Å². The maximum Gasteiger partial charge on any atom is 0.317 e. The van der Waals surface area contributed by atoms with Crippen LogP contribution in [0.1, 0.15) is 50.0 Å². The third-order valence-electron chi connectivity index (χ3n) is 3.75. The van der Waals surface area contributed by atoms with Crippen LogP contribution in [0, 0.1) is 0 Å². The number of carbonyl (C=O) groups is 1. The highest BCUT2D eigenvalue weighted by atomic mass is 32.2. The molecule has 2 amide bonds. The van der Waals surface area contributed by atoms with Crippen molar-refractivity contribution in [2.45, 2.75) is 57.2 Å². The number of hydrogen-bond donors (Lipinski definition) is 1. The molecular formula is C15H26N4OS2. The maximum atomic E-state index is 12.4. The van der Waals surface area contributed by atoms with Crippen molar-refractivity contribution < 1.29 is 4.79 Å². The smallest absolute Gasteiger partial charge is 0.317 e. The fourth-order valence-corrected chi connectivity index (χ4v) is 3.94. The van der Waals surface area contributed by atoms with E-state index in [4.69, 9.17) is 0 Å². The second kappa shape index (κ2) is 7.64. The molecule has 124 valence electrons. The summed E-state index contributed by atoms with van der Waals surface area (Å²) in [6.07, 6.45) is 5.63. The third kappa shape index (κ3) is 4.84. The van der Waals surface area contributed by atoms with Crippen LogP contribution in [-0.4, -0.2) is 45.7 Å². The number of aromatic nitrogens is 2. The van der Waals surface area contributed by atoms with Crippen molar-refractivity contribution in [3.8, 4) is 0 Å². The molecule has 0 unspecified atom stereocenters. The summed E-state index contributed by atoms with van der Waals surface area (Å²) in [4.78, 5) is 14.3. The minimum absolute atomic E-state index is 0.0102. The molecular weight excluding hydrogens is 316 g/mol. The van der Waals surface area contributed by atoms with E-state index in [9.17, 15) is 4.79 Å². The molecule has 0 aromatic carbocycles. The number of nitrogens with zero attached hydrogens (tertiary/aromatic N) is 3. The maximum absolute atomic E-state index is 12.4. The zero-order valence-electron chi connectivity index (χ0n) is 13.9. The molecule has 5 nitrogen and oxygen atoms in total. The van der Waals surface area contributed by atoms with Gasteiger partial charge in [-0.3, -0.25) is 0 Å². The topological polar surface area (TPSA) is 58.1 Å². The Balaban J connectivity index is 1.87. The molecule has 0 bridgehead atoms. The molecule has 1 aliphatic rings. The van der Waals surface area contributed by atoms with Crippen molar-refractivity contribution in [2.75, 3.05) is 19.3 Å². The molecule has 2 rings (SSSR count). The molecule has 1 aromatic heterocycles. The molecule has 1 N–H and O–H groups in total. The number of rotatable bonds is 3. The first-order valence-corrected chi connectivity index (χ1v) is 9.89. The fraction of sp³-hybridized carbons (Fsp3) is 0.800. The Bertz CT molecular complexity index is 498. The molecule has 0 radical (unpaired) electrons. The van der Waals surface area contributed by atoms with Gasteiger partial charge >= 0.3 is 6.03 Å². The van der Waals surface area contributed by atoms with Gasteiger partial charge in [0.05, 0.1) is 6.54 Å². The van der Waals surface area contributed by atoms with Gasteiger partial charge in [0.2, 0.25) is 0 Å². The van der Waals surface area contributed by atoms with Crippen molar-refractivity contribution in [1.29, 1.82) is 0 Å². The van der Waals surface area contributed by atoms with Crippen molar-refractivity contribution in [3.05, 3.63) is 10.0 Å². The number of amides is 2. The largest absolute Gasteiger partial charge is 0.331 e. The molecule has 0 aliphatic carbocycles. The van der Waals surface area contributed by atoms with Crippen LogP contribution in [0.4, 0.5) is 4.79 Å². The summed E-state index contributed by atoms with van der Waals surface area (Å²) in [5.41, 5.74) is 0.0102. The zero-order chi connectivity index (χ0) is 16.2. The Morgan fingerprint density at radius 3 is 2.82 bits per heavy atom. The summed E-state index contributed by atoms with van der Waals surface area (Å²) in [5, 5.41) is 13.8. The molecule has 0 spiro atoms. The van der Waals surface area contributed by atoms with Crippen LogP contribution in [0.5, 0.6) is 0 Å². The molecule has 1 saturated heterocycles. The first kappa shape index (κ1) is 17.5. The minimum atomic E-state index is 0.0102. The van der Waals surface area contributed by atoms with Crippen molar-refractivity contribution in [2.24, 2.45) is 0 Å². The quantitative estimate of drug-likeness (QED) is 0.916. The van der Waals surface area contributed by atoms with Gasteiger partial charge in [0.25, 0.3) is 0 Å². The second-order valence-corrected chi connectivity index (χ2v) is 8.91. The highest BCUT2D eigenvalue weighted by molar-refractivity contribution is 7.99. The number of likely N-dealkylation sites (tertiary alicyclic amines) is 1. The van der Waals surface area contributed by atoms with Crippen LogP contribution in [-0.2, 0) is 12.0 Å². The Morgan fingerprint density at radius 1 is 1.41 bits per heavy atom. The van der Waals surface area contributed by atoms with Crippen LogP contribution in [0.2, 0.25) is 0 Å². The van der Waals surface area contributed by atoms with Gasteiger partial charge in [0.1, 0.15) is 10.0 Å². The summed E-state index contributed by atoms with van der Waals surface area (Å²) in [6, 6.07) is 0.0217. The Labute approximate surface area is 141 Å². The summed E-state index contributed by atoms with van der Waals surface area (Å²) in [5.74, 6) is 0. The average molecular weight is 343 g/mol. The lowest BCUT2D eigenvalue weighted by Gasteiger charge is -2.23. The molecule has 1 aromatic rings. The van der Waals surface area contributed by atoms with Crippen LogP contribution < -0.4 is 5.32 Å². The molecule has 1 fully saturated rings. The second-order valence-electron chi connectivity index (χ2n) is 6.71. The first-order valence-electron chi connectivity index (χ1n) is 7.78. The zero-order valence-corrected chi connectivity index (χ0v) is 15.5. The monoisotopic (exact) mass is 342 g/mol. The predicted molar refractivity (Wildman–Crippen MR) is 93.6 cm³/mol. The molecule has 22 heavy (non-hydrogen) atoms. The predicted octanol–water partition coefficient (Wildman–Crippen LogP) is 3.26. The van der Waals surface area contributed by atoms with Crippen LogP contribution in [0.3, 0.4) is 0 Å². The number of urea groups is 1. The standard InChI is InChI=1S/C15H26N4OS2/c1-15(2,3)13-18-17-12(22-13)9-16-14(20)19-8-6-5-7-11(10-19)21-4/h11H,5-10H2,1-4H3,(H,16,20)/t11-/m1/s1. The van der Waals surface area contributed by atoms with E-state index in [1.54, 1.807) is 11.3 Å². The van der Waals surface area contributed by atoms with Crippen molar-refractivity contribution >= 4 is 29.1 Å². The molecule has 2 heterocycles. The van der Waals surface area contributed by atoms with E-state index >= 15 is 0 Å². The van der Waals surface area contributed by atoms with Gasteiger partial charge in [0.15, 0.2) is 0 Å². The van der Waals surface area contributed by atoms with Gasteiger partial charge < -0.3 is 10.2 Å². The molecule has 1 aliphatic heterocycles. The molecule has 1 atom stereocenters. The summed E-state index contributed by atoms with van der Waals surface area (Å²) < 4.78 is 0. The highest BCUT2D eigenvalue weighted by Gasteiger charge is 2.22. The lowest BCUT2D eigenvalue weighted by Crippen LogP contribution is -2.42. The SMILES string of the molecule is CS[C@@H]1CCCCN(C(=O)NCc2nnc(C(C)(C)C)s2)C1. The lowest BCUT2D eigenvalue weighted by atomic mass is 9.98. The van der Waals surface area contributed by atoms with E-state index in [1.165, 1.54) is 12.8 Å². The summed E-state index contributed by atoms with van der Waals surface area (Å²) in [7, 11) is 0. The van der Waals surface area contributed by atoms with E-state index in [0.717, 1.165) is 29.5 Å². The van der Waals surface area contributed by atoms with E-state index in [-0.39, 0.29) is 11.4 Å². The van der Waals surface area contributed by atoms with E-state index in [0.29, 0.717) is 11.8 Å². The number of nitrogens with one attached hydrogen (secondary N) is 1. The number of carbonyl (C=O) groups excluding carboxylic acids is 1. The Hall–Kier alpha value is -0.820. The number of thioether (sulfide) groups is 1. The normalized spacial score (nSPS) is 19.8. The third-order valence-corrected chi connectivity index (χ3v) is 6.15. The summed E-state index contributed by atoms with van der Waals surface area (Å²) >= 11 is 3.44. The minimum Gasteiger partial charge on any atom is -0.331 e. The lowest BCUT2D eigenvalue weighted by molar-refractivity contribution is 0.200. The molecule has 0 saturated carbocycles. The van der Waals surface area contributed by atoms with Gasteiger partial charge in [-0.25, -0.2) is 4.79 Å².